The average molecular weight is 247 g/mol. The molecule has 0 bridgehead atoms. The van der Waals surface area contributed by atoms with E-state index in [1.54, 1.807) is 18.2 Å². The molecule has 0 amide bonds. The predicted molar refractivity (Wildman–Crippen MR) is 57.4 cm³/mol. The van der Waals surface area contributed by atoms with E-state index in [1.807, 2.05) is 0 Å². The summed E-state index contributed by atoms with van der Waals surface area (Å²) in [5.74, 6) is 0. The van der Waals surface area contributed by atoms with Gasteiger partial charge in [0, 0.05) is 22.9 Å². The third-order valence-corrected chi connectivity index (χ3v) is 3.85. The fourth-order valence-electron chi connectivity index (χ4n) is 1.79. The molecule has 1 saturated heterocycles. The van der Waals surface area contributed by atoms with Crippen LogP contribution in [0, 0.1) is 0 Å². The van der Waals surface area contributed by atoms with Crippen LogP contribution in [0.2, 0.25) is 0 Å². The van der Waals surface area contributed by atoms with Crippen molar-refractivity contribution in [2.75, 3.05) is 6.61 Å². The molecular weight excluding hydrogens is 236 g/mol. The smallest absolute Gasteiger partial charge is 0.261 e. The van der Waals surface area contributed by atoms with Gasteiger partial charge in [-0.05, 0) is 18.9 Å². The summed E-state index contributed by atoms with van der Waals surface area (Å²) in [6, 6.07) is 6.72. The molecule has 2 rings (SSSR count). The van der Waals surface area contributed by atoms with Crippen LogP contribution in [-0.2, 0) is 13.8 Å². The molecule has 1 fully saturated rings. The van der Waals surface area contributed by atoms with Gasteiger partial charge in [-0.15, -0.1) is 0 Å². The zero-order chi connectivity index (χ0) is 10.9. The van der Waals surface area contributed by atoms with Crippen LogP contribution >= 0.6 is 10.7 Å². The largest absolute Gasteiger partial charge is 0.373 e. The Bertz CT molecular complexity index is 449. The number of hydrogen-bond acceptors (Lipinski definition) is 3. The van der Waals surface area contributed by atoms with E-state index in [9.17, 15) is 8.42 Å². The van der Waals surface area contributed by atoms with Gasteiger partial charge in [0.25, 0.3) is 9.05 Å². The van der Waals surface area contributed by atoms with Crippen molar-refractivity contribution in [2.24, 2.45) is 0 Å². The minimum absolute atomic E-state index is 0.130. The van der Waals surface area contributed by atoms with Gasteiger partial charge in [0.15, 0.2) is 0 Å². The summed E-state index contributed by atoms with van der Waals surface area (Å²) in [7, 11) is 1.68. The van der Waals surface area contributed by atoms with Crippen LogP contribution in [0.1, 0.15) is 24.5 Å². The monoisotopic (exact) mass is 246 g/mol. The molecule has 82 valence electrons. The predicted octanol–water partition coefficient (Wildman–Crippen LogP) is 2.47. The number of benzene rings is 1. The van der Waals surface area contributed by atoms with E-state index >= 15 is 0 Å². The van der Waals surface area contributed by atoms with E-state index in [1.165, 1.54) is 6.07 Å². The maximum atomic E-state index is 11.3. The van der Waals surface area contributed by atoms with Crippen molar-refractivity contribution in [2.45, 2.75) is 23.8 Å². The van der Waals surface area contributed by atoms with Gasteiger partial charge in [0.2, 0.25) is 0 Å². The molecule has 0 N–H and O–H groups in total. The second-order valence-corrected chi connectivity index (χ2v) is 6.01. The van der Waals surface area contributed by atoms with E-state index in [-0.39, 0.29) is 11.0 Å². The van der Waals surface area contributed by atoms with Crippen molar-refractivity contribution in [1.29, 1.82) is 0 Å². The lowest BCUT2D eigenvalue weighted by Crippen LogP contribution is -2.03. The first kappa shape index (κ1) is 10.9. The lowest BCUT2D eigenvalue weighted by molar-refractivity contribution is 0.110. The van der Waals surface area contributed by atoms with E-state index < -0.39 is 9.05 Å². The van der Waals surface area contributed by atoms with Crippen LogP contribution in [0.4, 0.5) is 0 Å². The molecule has 1 atom stereocenters. The van der Waals surface area contributed by atoms with Crippen LogP contribution in [-0.4, -0.2) is 15.0 Å². The quantitative estimate of drug-likeness (QED) is 0.753. The first-order chi connectivity index (χ1) is 7.09. The standard InChI is InChI=1S/C10H11ClO3S/c11-15(12,13)10-6-2-1-4-8(10)9-5-3-7-14-9/h1-2,4,6,9H,3,5,7H2. The van der Waals surface area contributed by atoms with E-state index in [4.69, 9.17) is 15.4 Å². The van der Waals surface area contributed by atoms with E-state index in [2.05, 4.69) is 0 Å². The van der Waals surface area contributed by atoms with Gasteiger partial charge in [0.05, 0.1) is 11.0 Å². The van der Waals surface area contributed by atoms with Crippen LogP contribution in [0.3, 0.4) is 0 Å². The summed E-state index contributed by atoms with van der Waals surface area (Å²) in [6.07, 6.45) is 1.68. The highest BCUT2D eigenvalue weighted by Gasteiger charge is 2.24. The molecule has 0 spiro atoms. The highest BCUT2D eigenvalue weighted by atomic mass is 35.7. The number of ether oxygens (including phenoxy) is 1. The van der Waals surface area contributed by atoms with Gasteiger partial charge in [-0.1, -0.05) is 18.2 Å². The molecule has 1 heterocycles. The van der Waals surface area contributed by atoms with Crippen molar-refractivity contribution in [3.8, 4) is 0 Å². The summed E-state index contributed by atoms with van der Waals surface area (Å²) < 4.78 is 28.1. The third kappa shape index (κ3) is 2.33. The molecule has 1 aromatic rings. The van der Waals surface area contributed by atoms with Gasteiger partial charge in [-0.3, -0.25) is 0 Å². The summed E-state index contributed by atoms with van der Waals surface area (Å²) >= 11 is 0. The van der Waals surface area contributed by atoms with Crippen molar-refractivity contribution >= 4 is 19.7 Å². The van der Waals surface area contributed by atoms with E-state index in [0.717, 1.165) is 12.8 Å². The molecule has 1 aliphatic rings. The first-order valence-electron chi connectivity index (χ1n) is 4.74. The molecule has 0 saturated carbocycles. The average Bonchev–Trinajstić information content (AvgIpc) is 2.69. The maximum absolute atomic E-state index is 11.3. The van der Waals surface area contributed by atoms with E-state index in [0.29, 0.717) is 12.2 Å². The van der Waals surface area contributed by atoms with Crippen molar-refractivity contribution in [3.05, 3.63) is 29.8 Å². The van der Waals surface area contributed by atoms with Gasteiger partial charge >= 0.3 is 0 Å². The third-order valence-electron chi connectivity index (χ3n) is 2.46. The molecule has 15 heavy (non-hydrogen) atoms. The molecule has 1 unspecified atom stereocenters. The second kappa shape index (κ2) is 4.12. The first-order valence-corrected chi connectivity index (χ1v) is 7.05. The van der Waals surface area contributed by atoms with Crippen molar-refractivity contribution in [3.63, 3.8) is 0 Å². The Morgan fingerprint density at radius 2 is 2.07 bits per heavy atom. The zero-order valence-electron chi connectivity index (χ0n) is 8.02. The van der Waals surface area contributed by atoms with Gasteiger partial charge in [-0.2, -0.15) is 0 Å². The fourth-order valence-corrected chi connectivity index (χ4v) is 2.94. The molecular formula is C10H11ClO3S. The molecule has 0 aromatic heterocycles. The zero-order valence-corrected chi connectivity index (χ0v) is 9.59. The molecule has 5 heteroatoms. The summed E-state index contributed by atoms with van der Waals surface area (Å²) in [5.41, 5.74) is 0.671. The summed E-state index contributed by atoms with van der Waals surface area (Å²) in [5, 5.41) is 0. The fraction of sp³-hybridized carbons (Fsp3) is 0.400. The van der Waals surface area contributed by atoms with Gasteiger partial charge in [-0.25, -0.2) is 8.42 Å². The van der Waals surface area contributed by atoms with Gasteiger partial charge in [0.1, 0.15) is 0 Å². The van der Waals surface area contributed by atoms with Crippen LogP contribution in [0.25, 0.3) is 0 Å². The lowest BCUT2D eigenvalue weighted by atomic mass is 10.1. The van der Waals surface area contributed by atoms with Crippen molar-refractivity contribution in [1.82, 2.24) is 0 Å². The number of rotatable bonds is 2. The highest BCUT2D eigenvalue weighted by molar-refractivity contribution is 8.13. The molecule has 0 radical (unpaired) electrons. The highest BCUT2D eigenvalue weighted by Crippen LogP contribution is 2.33. The molecule has 1 aromatic carbocycles. The Morgan fingerprint density at radius 1 is 1.33 bits per heavy atom. The molecule has 3 nitrogen and oxygen atoms in total. The Balaban J connectivity index is 2.46. The molecule has 0 aliphatic carbocycles. The lowest BCUT2D eigenvalue weighted by Gasteiger charge is -2.12. The Morgan fingerprint density at radius 3 is 2.67 bits per heavy atom. The Hall–Kier alpha value is -0.580. The topological polar surface area (TPSA) is 43.4 Å². The Kier molecular flexibility index (Phi) is 3.00. The SMILES string of the molecule is O=S(=O)(Cl)c1ccccc1C1CCCO1. The summed E-state index contributed by atoms with van der Waals surface area (Å²) in [6.45, 7) is 0.682. The normalized spacial score (nSPS) is 21.8. The minimum Gasteiger partial charge on any atom is -0.373 e. The van der Waals surface area contributed by atoms with Gasteiger partial charge < -0.3 is 4.74 Å². The van der Waals surface area contributed by atoms with Crippen LogP contribution < -0.4 is 0 Å². The summed E-state index contributed by atoms with van der Waals surface area (Å²) in [4.78, 5) is 0.165. The maximum Gasteiger partial charge on any atom is 0.261 e. The van der Waals surface area contributed by atoms with Crippen LogP contribution in [0.5, 0.6) is 0 Å². The Labute approximate surface area is 93.4 Å². The molecule has 1 aliphatic heterocycles. The second-order valence-electron chi connectivity index (χ2n) is 3.48. The van der Waals surface area contributed by atoms with Crippen molar-refractivity contribution < 1.29 is 13.2 Å². The number of hydrogen-bond donors (Lipinski definition) is 0. The minimum atomic E-state index is -3.68. The number of halogens is 1. The van der Waals surface area contributed by atoms with Crippen LogP contribution in [0.15, 0.2) is 29.2 Å².